The molecule has 0 saturated heterocycles. The molecule has 0 aromatic carbocycles. The van der Waals surface area contributed by atoms with E-state index in [1.807, 2.05) is 0 Å². The SMILES string of the molecule is C#CCN(C)C(=O)Cn1cc(C(=O)O)nn1. The van der Waals surface area contributed by atoms with Gasteiger partial charge >= 0.3 is 5.97 Å². The number of carbonyl (C=O) groups is 2. The van der Waals surface area contributed by atoms with Gasteiger partial charge in [-0.3, -0.25) is 4.79 Å². The number of carbonyl (C=O) groups excluding carboxylic acids is 1. The molecular weight excluding hydrogens is 212 g/mol. The predicted octanol–water partition coefficient (Wildman–Crippen LogP) is -0.932. The highest BCUT2D eigenvalue weighted by Crippen LogP contribution is 1.94. The first kappa shape index (κ1) is 11.7. The summed E-state index contributed by atoms with van der Waals surface area (Å²) in [4.78, 5) is 23.3. The van der Waals surface area contributed by atoms with Crippen molar-refractivity contribution < 1.29 is 14.7 Å². The van der Waals surface area contributed by atoms with E-state index < -0.39 is 5.97 Å². The third-order valence-corrected chi connectivity index (χ3v) is 1.81. The lowest BCUT2D eigenvalue weighted by molar-refractivity contribution is -0.130. The van der Waals surface area contributed by atoms with Crippen LogP contribution in [0.15, 0.2) is 6.20 Å². The summed E-state index contributed by atoms with van der Waals surface area (Å²) in [6, 6.07) is 0. The predicted molar refractivity (Wildman–Crippen MR) is 53.5 cm³/mol. The molecule has 84 valence electrons. The first-order chi connectivity index (χ1) is 7.54. The molecule has 0 spiro atoms. The Hall–Kier alpha value is -2.36. The van der Waals surface area contributed by atoms with Crippen molar-refractivity contribution in [2.24, 2.45) is 0 Å². The topological polar surface area (TPSA) is 88.3 Å². The van der Waals surface area contributed by atoms with Gasteiger partial charge in [-0.05, 0) is 0 Å². The fourth-order valence-corrected chi connectivity index (χ4v) is 0.958. The Kier molecular flexibility index (Phi) is 3.61. The molecule has 1 N–H and O–H groups in total. The Bertz CT molecular complexity index is 446. The summed E-state index contributed by atoms with van der Waals surface area (Å²) in [6.45, 7) is 0.109. The number of nitrogens with zero attached hydrogens (tertiary/aromatic N) is 4. The average Bonchev–Trinajstić information content (AvgIpc) is 2.66. The smallest absolute Gasteiger partial charge is 0.358 e. The van der Waals surface area contributed by atoms with E-state index in [1.54, 1.807) is 7.05 Å². The van der Waals surface area contributed by atoms with Gasteiger partial charge in [0.2, 0.25) is 5.91 Å². The van der Waals surface area contributed by atoms with Crippen LogP contribution in [0, 0.1) is 12.3 Å². The number of carboxylic acids is 1. The summed E-state index contributed by atoms with van der Waals surface area (Å²) in [7, 11) is 1.55. The van der Waals surface area contributed by atoms with Crippen LogP contribution in [0.1, 0.15) is 10.5 Å². The van der Waals surface area contributed by atoms with Crippen molar-refractivity contribution in [3.8, 4) is 12.3 Å². The van der Waals surface area contributed by atoms with Crippen molar-refractivity contribution in [2.45, 2.75) is 6.54 Å². The summed E-state index contributed by atoms with van der Waals surface area (Å²) < 4.78 is 1.15. The van der Waals surface area contributed by atoms with E-state index >= 15 is 0 Å². The summed E-state index contributed by atoms with van der Waals surface area (Å²) in [5.41, 5.74) is -0.201. The zero-order chi connectivity index (χ0) is 12.1. The maximum Gasteiger partial charge on any atom is 0.358 e. The monoisotopic (exact) mass is 222 g/mol. The Labute approximate surface area is 91.7 Å². The van der Waals surface area contributed by atoms with Gasteiger partial charge in [0.1, 0.15) is 6.54 Å². The van der Waals surface area contributed by atoms with Crippen molar-refractivity contribution in [2.75, 3.05) is 13.6 Å². The molecule has 0 saturated carbocycles. The molecule has 1 heterocycles. The summed E-state index contributed by atoms with van der Waals surface area (Å²) in [5.74, 6) is 0.875. The van der Waals surface area contributed by atoms with Crippen molar-refractivity contribution in [1.29, 1.82) is 0 Å². The Morgan fingerprint density at radius 1 is 1.69 bits per heavy atom. The molecule has 0 aliphatic carbocycles. The Morgan fingerprint density at radius 3 is 2.88 bits per heavy atom. The molecule has 16 heavy (non-hydrogen) atoms. The van der Waals surface area contributed by atoms with Crippen LogP contribution in [-0.2, 0) is 11.3 Å². The molecule has 0 aliphatic heterocycles. The molecule has 0 radical (unpaired) electrons. The third-order valence-electron chi connectivity index (χ3n) is 1.81. The minimum Gasteiger partial charge on any atom is -0.476 e. The molecule has 0 unspecified atom stereocenters. The quantitative estimate of drug-likeness (QED) is 0.665. The van der Waals surface area contributed by atoms with Crippen molar-refractivity contribution in [3.05, 3.63) is 11.9 Å². The van der Waals surface area contributed by atoms with Gasteiger partial charge < -0.3 is 10.0 Å². The number of aromatic nitrogens is 3. The molecule has 0 aliphatic rings. The lowest BCUT2D eigenvalue weighted by Crippen LogP contribution is -2.30. The zero-order valence-electron chi connectivity index (χ0n) is 8.62. The van der Waals surface area contributed by atoms with E-state index in [9.17, 15) is 9.59 Å². The maximum atomic E-state index is 11.5. The number of hydrogen-bond donors (Lipinski definition) is 1. The number of hydrogen-bond acceptors (Lipinski definition) is 4. The van der Waals surface area contributed by atoms with E-state index in [4.69, 9.17) is 11.5 Å². The molecule has 1 aromatic rings. The number of likely N-dealkylation sites (N-methyl/N-ethyl adjacent to an activating group) is 1. The summed E-state index contributed by atoms with van der Waals surface area (Å²) in [6.07, 6.45) is 6.23. The highest BCUT2D eigenvalue weighted by molar-refractivity contribution is 5.84. The summed E-state index contributed by atoms with van der Waals surface area (Å²) in [5, 5.41) is 15.5. The largest absolute Gasteiger partial charge is 0.476 e. The minimum atomic E-state index is -1.18. The van der Waals surface area contributed by atoms with Crippen LogP contribution >= 0.6 is 0 Å². The highest BCUT2D eigenvalue weighted by Gasteiger charge is 2.12. The van der Waals surface area contributed by atoms with Crippen molar-refractivity contribution in [3.63, 3.8) is 0 Å². The molecule has 7 nitrogen and oxygen atoms in total. The second-order valence-corrected chi connectivity index (χ2v) is 3.06. The highest BCUT2D eigenvalue weighted by atomic mass is 16.4. The first-order valence-corrected chi connectivity index (χ1v) is 4.35. The van der Waals surface area contributed by atoms with Gasteiger partial charge in [0.05, 0.1) is 12.7 Å². The van der Waals surface area contributed by atoms with Crippen LogP contribution in [0.4, 0.5) is 0 Å². The standard InChI is InChI=1S/C9H10N4O3/c1-3-4-12(2)8(14)6-13-5-7(9(15)16)10-11-13/h1,5H,4,6H2,2H3,(H,15,16). The van der Waals surface area contributed by atoms with Crippen LogP contribution in [0.3, 0.4) is 0 Å². The fourth-order valence-electron chi connectivity index (χ4n) is 0.958. The molecule has 0 fully saturated rings. The molecule has 1 rings (SSSR count). The first-order valence-electron chi connectivity index (χ1n) is 4.35. The van der Waals surface area contributed by atoms with E-state index in [0.29, 0.717) is 0 Å². The Balaban J connectivity index is 2.63. The van der Waals surface area contributed by atoms with Crippen LogP contribution < -0.4 is 0 Å². The minimum absolute atomic E-state index is 0.0849. The number of rotatable bonds is 4. The van der Waals surface area contributed by atoms with E-state index in [0.717, 1.165) is 4.68 Å². The van der Waals surface area contributed by atoms with Crippen LogP contribution in [0.25, 0.3) is 0 Å². The van der Waals surface area contributed by atoms with E-state index in [-0.39, 0.29) is 24.7 Å². The van der Waals surface area contributed by atoms with Gasteiger partial charge in [-0.15, -0.1) is 11.5 Å². The van der Waals surface area contributed by atoms with Gasteiger partial charge in [-0.2, -0.15) is 0 Å². The van der Waals surface area contributed by atoms with Gasteiger partial charge in [0, 0.05) is 7.05 Å². The second kappa shape index (κ2) is 4.93. The fraction of sp³-hybridized carbons (Fsp3) is 0.333. The lowest BCUT2D eigenvalue weighted by atomic mass is 10.4. The molecule has 7 heteroatoms. The van der Waals surface area contributed by atoms with Gasteiger partial charge in [-0.1, -0.05) is 11.1 Å². The lowest BCUT2D eigenvalue weighted by Gasteiger charge is -2.12. The number of terminal acetylenes is 1. The third kappa shape index (κ3) is 2.81. The van der Waals surface area contributed by atoms with Gasteiger partial charge in [0.25, 0.3) is 0 Å². The van der Waals surface area contributed by atoms with Gasteiger partial charge in [0.15, 0.2) is 5.69 Å². The number of aromatic carboxylic acids is 1. The number of carboxylic acid groups (broad SMARTS) is 1. The van der Waals surface area contributed by atoms with Crippen LogP contribution in [0.2, 0.25) is 0 Å². The van der Waals surface area contributed by atoms with Crippen LogP contribution in [-0.4, -0.2) is 50.5 Å². The molecule has 0 atom stereocenters. The molecule has 1 aromatic heterocycles. The summed E-state index contributed by atoms with van der Waals surface area (Å²) >= 11 is 0. The normalized spacial score (nSPS) is 9.50. The zero-order valence-corrected chi connectivity index (χ0v) is 8.62. The molecule has 1 amide bonds. The molecule has 0 bridgehead atoms. The van der Waals surface area contributed by atoms with Gasteiger partial charge in [-0.25, -0.2) is 9.48 Å². The maximum absolute atomic E-state index is 11.5. The van der Waals surface area contributed by atoms with Crippen LogP contribution in [0.5, 0.6) is 0 Å². The van der Waals surface area contributed by atoms with E-state index in [2.05, 4.69) is 16.2 Å². The average molecular weight is 222 g/mol. The van der Waals surface area contributed by atoms with E-state index in [1.165, 1.54) is 11.1 Å². The number of amides is 1. The van der Waals surface area contributed by atoms with Crippen molar-refractivity contribution in [1.82, 2.24) is 19.9 Å². The second-order valence-electron chi connectivity index (χ2n) is 3.06. The molecular formula is C9H10N4O3. The Morgan fingerprint density at radius 2 is 2.38 bits per heavy atom. The van der Waals surface area contributed by atoms with Crippen molar-refractivity contribution >= 4 is 11.9 Å².